The zero-order valence-electron chi connectivity index (χ0n) is 17.3. The first kappa shape index (κ1) is 22.0. The summed E-state index contributed by atoms with van der Waals surface area (Å²) in [7, 11) is -1.24. The Morgan fingerprint density at radius 1 is 1.27 bits per heavy atom. The smallest absolute Gasteiger partial charge is 0.272 e. The van der Waals surface area contributed by atoms with Gasteiger partial charge < -0.3 is 4.74 Å². The van der Waals surface area contributed by atoms with Gasteiger partial charge in [0.25, 0.3) is 5.69 Å². The number of non-ortho nitro benzene ring substituents is 1. The third-order valence-electron chi connectivity index (χ3n) is 4.57. The quantitative estimate of drug-likeness (QED) is 0.145. The molecule has 0 bridgehead atoms. The number of ether oxygens (including phenoxy) is 1. The van der Waals surface area contributed by atoms with Gasteiger partial charge in [-0.15, -0.1) is 11.8 Å². The fourth-order valence-corrected chi connectivity index (χ4v) is 4.64. The molecule has 0 spiro atoms. The van der Waals surface area contributed by atoms with E-state index in [4.69, 9.17) is 4.74 Å². The summed E-state index contributed by atoms with van der Waals surface area (Å²) in [6.45, 7) is 7.54. The van der Waals surface area contributed by atoms with E-state index in [-0.39, 0.29) is 18.2 Å². The zero-order chi connectivity index (χ0) is 21.7. The van der Waals surface area contributed by atoms with Crippen molar-refractivity contribution in [2.45, 2.75) is 43.1 Å². The highest BCUT2D eigenvalue weighted by atomic mass is 32.2. The minimum absolute atomic E-state index is 0.0224. The van der Waals surface area contributed by atoms with Crippen molar-refractivity contribution < 1.29 is 9.66 Å². The fourth-order valence-electron chi connectivity index (χ4n) is 2.88. The molecule has 3 rings (SSSR count). The van der Waals surface area contributed by atoms with Gasteiger partial charge in [0, 0.05) is 37.5 Å². The molecule has 0 fully saturated rings. The molecular formula is C21H24N4O3SSi. The lowest BCUT2D eigenvalue weighted by molar-refractivity contribution is -0.384. The van der Waals surface area contributed by atoms with E-state index in [1.165, 1.54) is 23.9 Å². The van der Waals surface area contributed by atoms with Crippen molar-refractivity contribution in [2.24, 2.45) is 0 Å². The van der Waals surface area contributed by atoms with Crippen molar-refractivity contribution in [1.29, 1.82) is 5.26 Å². The molecule has 0 saturated carbocycles. The van der Waals surface area contributed by atoms with Crippen LogP contribution < -0.4 is 0 Å². The summed E-state index contributed by atoms with van der Waals surface area (Å²) in [5.41, 5.74) is 2.22. The molecule has 0 unspecified atom stereocenters. The van der Waals surface area contributed by atoms with Crippen LogP contribution in [0.1, 0.15) is 11.4 Å². The van der Waals surface area contributed by atoms with Crippen LogP contribution >= 0.6 is 11.8 Å². The summed E-state index contributed by atoms with van der Waals surface area (Å²) in [6, 6.07) is 16.0. The van der Waals surface area contributed by atoms with Crippen molar-refractivity contribution in [3.05, 3.63) is 64.0 Å². The average molecular weight is 441 g/mol. The Labute approximate surface area is 180 Å². The maximum Gasteiger partial charge on any atom is 0.272 e. The van der Waals surface area contributed by atoms with Gasteiger partial charge in [0.15, 0.2) is 0 Å². The molecule has 0 amide bonds. The second-order valence-corrected chi connectivity index (χ2v) is 14.8. The number of nitro groups is 1. The molecule has 0 saturated heterocycles. The van der Waals surface area contributed by atoms with Gasteiger partial charge in [-0.3, -0.25) is 14.7 Å². The topological polar surface area (TPSA) is 94.0 Å². The highest BCUT2D eigenvalue weighted by Gasteiger charge is 2.20. The average Bonchev–Trinajstić information content (AvgIpc) is 3.07. The Morgan fingerprint density at radius 2 is 2.00 bits per heavy atom. The van der Waals surface area contributed by atoms with E-state index in [2.05, 4.69) is 30.7 Å². The minimum atomic E-state index is -1.24. The number of nitro benzene ring substituents is 1. The Balaban J connectivity index is 1.93. The molecular weight excluding hydrogens is 416 g/mol. The molecule has 0 radical (unpaired) electrons. The SMILES string of the molecule is C[Si](C)(C)CCOCn1c(C#N)nc2c(SCc3ccccc3)cc([N+](=O)[O-])cc21. The maximum atomic E-state index is 11.5. The van der Waals surface area contributed by atoms with Gasteiger partial charge in [0.05, 0.1) is 10.4 Å². The highest BCUT2D eigenvalue weighted by Crippen LogP contribution is 2.34. The van der Waals surface area contributed by atoms with Gasteiger partial charge in [-0.05, 0) is 11.6 Å². The van der Waals surface area contributed by atoms with E-state index in [1.807, 2.05) is 30.3 Å². The van der Waals surface area contributed by atoms with Crippen LogP contribution in [-0.2, 0) is 17.2 Å². The molecule has 2 aromatic carbocycles. The van der Waals surface area contributed by atoms with Crippen molar-refractivity contribution >= 4 is 36.6 Å². The molecule has 0 aliphatic rings. The third kappa shape index (κ3) is 5.47. The summed E-state index contributed by atoms with van der Waals surface area (Å²) in [6.07, 6.45) is 0. The lowest BCUT2D eigenvalue weighted by Crippen LogP contribution is -2.22. The van der Waals surface area contributed by atoms with Gasteiger partial charge in [-0.1, -0.05) is 50.0 Å². The summed E-state index contributed by atoms with van der Waals surface area (Å²) in [5, 5.41) is 21.1. The minimum Gasteiger partial charge on any atom is -0.361 e. The van der Waals surface area contributed by atoms with E-state index < -0.39 is 13.0 Å². The normalized spacial score (nSPS) is 11.5. The van der Waals surface area contributed by atoms with Gasteiger partial charge >= 0.3 is 0 Å². The van der Waals surface area contributed by atoms with Gasteiger partial charge in [-0.25, -0.2) is 4.98 Å². The second-order valence-electron chi connectivity index (χ2n) is 8.17. The summed E-state index contributed by atoms with van der Waals surface area (Å²) >= 11 is 1.47. The highest BCUT2D eigenvalue weighted by molar-refractivity contribution is 7.98. The number of nitrogens with zero attached hydrogens (tertiary/aromatic N) is 4. The van der Waals surface area contributed by atoms with E-state index >= 15 is 0 Å². The fraction of sp³-hybridized carbons (Fsp3) is 0.333. The van der Waals surface area contributed by atoms with Gasteiger partial charge in [0.1, 0.15) is 18.3 Å². The first-order valence-corrected chi connectivity index (χ1v) is 14.3. The van der Waals surface area contributed by atoms with E-state index in [0.717, 1.165) is 11.6 Å². The first-order chi connectivity index (χ1) is 14.3. The van der Waals surface area contributed by atoms with Crippen LogP contribution in [0.3, 0.4) is 0 Å². The third-order valence-corrected chi connectivity index (χ3v) is 7.37. The van der Waals surface area contributed by atoms with Crippen LogP contribution in [0.5, 0.6) is 0 Å². The largest absolute Gasteiger partial charge is 0.361 e. The number of hydrogen-bond acceptors (Lipinski definition) is 6. The zero-order valence-corrected chi connectivity index (χ0v) is 19.1. The number of imidazole rings is 1. The number of fused-ring (bicyclic) bond motifs is 1. The molecule has 0 N–H and O–H groups in total. The van der Waals surface area contributed by atoms with E-state index in [0.29, 0.717) is 28.3 Å². The monoisotopic (exact) mass is 440 g/mol. The predicted molar refractivity (Wildman–Crippen MR) is 121 cm³/mol. The van der Waals surface area contributed by atoms with Crippen LogP contribution in [0.2, 0.25) is 25.7 Å². The van der Waals surface area contributed by atoms with Crippen LogP contribution in [0.15, 0.2) is 47.4 Å². The predicted octanol–water partition coefficient (Wildman–Crippen LogP) is 5.42. The Bertz CT molecular complexity index is 1090. The van der Waals surface area contributed by atoms with E-state index in [9.17, 15) is 15.4 Å². The number of nitriles is 1. The summed E-state index contributed by atoms with van der Waals surface area (Å²) in [5.74, 6) is 0.846. The van der Waals surface area contributed by atoms with Crippen molar-refractivity contribution in [3.63, 3.8) is 0 Å². The van der Waals surface area contributed by atoms with Crippen LogP contribution in [0.4, 0.5) is 5.69 Å². The van der Waals surface area contributed by atoms with Crippen LogP contribution in [0.25, 0.3) is 11.0 Å². The standard InChI is InChI=1S/C21H24N4O3SSi/c1-30(2,3)10-9-28-15-24-18-11-17(25(26)27)12-19(21(18)23-20(24)13-22)29-14-16-7-5-4-6-8-16/h4-8,11-12H,9-10,14-15H2,1-3H3. The molecule has 1 heterocycles. The molecule has 30 heavy (non-hydrogen) atoms. The Kier molecular flexibility index (Phi) is 6.92. The maximum absolute atomic E-state index is 11.5. The number of thioether (sulfide) groups is 1. The second kappa shape index (κ2) is 9.43. The summed E-state index contributed by atoms with van der Waals surface area (Å²) < 4.78 is 7.43. The Hall–Kier alpha value is -2.67. The molecule has 3 aromatic rings. The van der Waals surface area contributed by atoms with E-state index in [1.54, 1.807) is 4.57 Å². The van der Waals surface area contributed by atoms with Crippen LogP contribution in [-0.4, -0.2) is 29.2 Å². The number of hydrogen-bond donors (Lipinski definition) is 0. The van der Waals surface area contributed by atoms with Crippen molar-refractivity contribution in [3.8, 4) is 6.07 Å². The molecule has 0 aliphatic carbocycles. The Morgan fingerprint density at radius 3 is 2.63 bits per heavy atom. The first-order valence-electron chi connectivity index (χ1n) is 9.62. The number of benzene rings is 2. The lowest BCUT2D eigenvalue weighted by Gasteiger charge is -2.15. The molecule has 7 nitrogen and oxygen atoms in total. The lowest BCUT2D eigenvalue weighted by atomic mass is 10.2. The number of aromatic nitrogens is 2. The van der Waals surface area contributed by atoms with Gasteiger partial charge in [0.2, 0.25) is 5.82 Å². The van der Waals surface area contributed by atoms with Crippen molar-refractivity contribution in [2.75, 3.05) is 6.61 Å². The number of rotatable bonds is 9. The van der Waals surface area contributed by atoms with Crippen molar-refractivity contribution in [1.82, 2.24) is 9.55 Å². The molecule has 0 aliphatic heterocycles. The van der Waals surface area contributed by atoms with Crippen LogP contribution in [0, 0.1) is 21.4 Å². The molecule has 156 valence electrons. The molecule has 1 aromatic heterocycles. The molecule has 0 atom stereocenters. The summed E-state index contributed by atoms with van der Waals surface area (Å²) in [4.78, 5) is 16.2. The van der Waals surface area contributed by atoms with Gasteiger partial charge in [-0.2, -0.15) is 5.26 Å². The molecule has 9 heteroatoms.